The van der Waals surface area contributed by atoms with Crippen LogP contribution in [0.4, 0.5) is 10.1 Å². The molecule has 1 heterocycles. The number of nitrogens with one attached hydrogen (secondary N) is 1. The van der Waals surface area contributed by atoms with Crippen LogP contribution < -0.4 is 11.1 Å². The third kappa shape index (κ3) is 3.33. The number of carbonyl (C=O) groups is 1. The lowest BCUT2D eigenvalue weighted by Crippen LogP contribution is -2.39. The number of hydrogen-bond acceptors (Lipinski definition) is 4. The van der Waals surface area contributed by atoms with Gasteiger partial charge in [-0.2, -0.15) is 0 Å². The van der Waals surface area contributed by atoms with Crippen molar-refractivity contribution in [3.63, 3.8) is 0 Å². The fourth-order valence-electron chi connectivity index (χ4n) is 2.20. The summed E-state index contributed by atoms with van der Waals surface area (Å²) in [7, 11) is 0. The number of benzene rings is 1. The van der Waals surface area contributed by atoms with E-state index in [0.29, 0.717) is 22.4 Å². The molecular formula is C15H19FN2O2S. The molecule has 2 aromatic rings. The Hall–Kier alpha value is -1.66. The van der Waals surface area contributed by atoms with E-state index in [9.17, 15) is 9.18 Å². The van der Waals surface area contributed by atoms with Crippen molar-refractivity contribution in [2.45, 2.75) is 26.3 Å². The van der Waals surface area contributed by atoms with Gasteiger partial charge in [0.05, 0.1) is 5.69 Å². The maximum atomic E-state index is 13.3. The number of aliphatic hydroxyl groups excluding tert-OH is 1. The number of anilines is 1. The number of aliphatic hydroxyl groups is 1. The van der Waals surface area contributed by atoms with Crippen molar-refractivity contribution < 1.29 is 14.3 Å². The minimum atomic E-state index is -0.376. The van der Waals surface area contributed by atoms with Gasteiger partial charge in [-0.3, -0.25) is 4.79 Å². The third-order valence-corrected chi connectivity index (χ3v) is 4.64. The van der Waals surface area contributed by atoms with Crippen molar-refractivity contribution in [1.29, 1.82) is 0 Å². The first-order valence-electron chi connectivity index (χ1n) is 6.83. The van der Waals surface area contributed by atoms with Crippen LogP contribution in [-0.4, -0.2) is 23.7 Å². The summed E-state index contributed by atoms with van der Waals surface area (Å²) in [6.45, 7) is 3.96. The zero-order chi connectivity index (χ0) is 15.6. The summed E-state index contributed by atoms with van der Waals surface area (Å²) in [5, 5.41) is 12.5. The largest absolute Gasteiger partial charge is 0.397 e. The van der Waals surface area contributed by atoms with Crippen LogP contribution in [0.3, 0.4) is 0 Å². The molecule has 0 fully saturated rings. The zero-order valence-corrected chi connectivity index (χ0v) is 12.8. The van der Waals surface area contributed by atoms with Crippen molar-refractivity contribution in [2.75, 3.05) is 12.3 Å². The predicted molar refractivity (Wildman–Crippen MR) is 84.0 cm³/mol. The Balaban J connectivity index is 2.29. The first-order chi connectivity index (χ1) is 9.93. The summed E-state index contributed by atoms with van der Waals surface area (Å²) < 4.78 is 14.0. The smallest absolute Gasteiger partial charge is 0.263 e. The normalized spacial score (nSPS) is 12.8. The second kappa shape index (κ2) is 6.41. The van der Waals surface area contributed by atoms with Crippen molar-refractivity contribution in [3.8, 4) is 0 Å². The molecule has 0 aliphatic heterocycles. The summed E-state index contributed by atoms with van der Waals surface area (Å²) in [6.07, 6.45) is 0.489. The minimum absolute atomic E-state index is 0.0102. The number of hydrogen-bond donors (Lipinski definition) is 3. The molecule has 0 bridgehead atoms. The van der Waals surface area contributed by atoms with E-state index in [4.69, 9.17) is 10.8 Å². The zero-order valence-electron chi connectivity index (χ0n) is 12.0. The molecule has 4 nitrogen and oxygen atoms in total. The second-order valence-corrected chi connectivity index (χ2v) is 6.37. The second-order valence-electron chi connectivity index (χ2n) is 5.32. The number of amides is 1. The molecule has 2 rings (SSSR count). The molecule has 6 heteroatoms. The predicted octanol–water partition coefficient (Wildman–Crippen LogP) is 2.76. The summed E-state index contributed by atoms with van der Waals surface area (Å²) in [5.41, 5.74) is 6.27. The van der Waals surface area contributed by atoms with Crippen LogP contribution in [0.25, 0.3) is 10.1 Å². The van der Waals surface area contributed by atoms with E-state index in [1.165, 1.54) is 23.5 Å². The van der Waals surface area contributed by atoms with Gasteiger partial charge in [0.1, 0.15) is 10.7 Å². The summed E-state index contributed by atoms with van der Waals surface area (Å²) in [6, 6.07) is 4.19. The molecule has 114 valence electrons. The molecule has 0 aliphatic carbocycles. The first-order valence-corrected chi connectivity index (χ1v) is 7.65. The SMILES string of the molecule is CC(C)C(CCO)NC(=O)c1sc2ccc(F)cc2c1N. The molecule has 1 aromatic carbocycles. The van der Waals surface area contributed by atoms with Crippen molar-refractivity contribution in [3.05, 3.63) is 28.9 Å². The van der Waals surface area contributed by atoms with Crippen LogP contribution >= 0.6 is 11.3 Å². The lowest BCUT2D eigenvalue weighted by Gasteiger charge is -2.21. The molecule has 0 saturated carbocycles. The van der Waals surface area contributed by atoms with Crippen LogP contribution in [0.2, 0.25) is 0 Å². The van der Waals surface area contributed by atoms with E-state index in [-0.39, 0.29) is 30.3 Å². The maximum absolute atomic E-state index is 13.3. The minimum Gasteiger partial charge on any atom is -0.397 e. The summed E-state index contributed by atoms with van der Waals surface area (Å²) >= 11 is 1.25. The van der Waals surface area contributed by atoms with E-state index in [0.717, 1.165) is 4.70 Å². The Kier molecular flexibility index (Phi) is 4.80. The van der Waals surface area contributed by atoms with E-state index >= 15 is 0 Å². The van der Waals surface area contributed by atoms with Gasteiger partial charge in [-0.25, -0.2) is 4.39 Å². The molecule has 1 aromatic heterocycles. The van der Waals surface area contributed by atoms with Crippen LogP contribution in [0.15, 0.2) is 18.2 Å². The monoisotopic (exact) mass is 310 g/mol. The van der Waals surface area contributed by atoms with Crippen LogP contribution in [0.5, 0.6) is 0 Å². The summed E-state index contributed by atoms with van der Waals surface area (Å²) in [4.78, 5) is 12.7. The van der Waals surface area contributed by atoms with Gasteiger partial charge in [0.25, 0.3) is 5.91 Å². The highest BCUT2D eigenvalue weighted by molar-refractivity contribution is 7.21. The molecule has 1 amide bonds. The molecule has 0 spiro atoms. The van der Waals surface area contributed by atoms with Gasteiger partial charge in [0, 0.05) is 22.7 Å². The highest BCUT2D eigenvalue weighted by Gasteiger charge is 2.21. The van der Waals surface area contributed by atoms with Crippen molar-refractivity contribution >= 4 is 33.0 Å². The number of fused-ring (bicyclic) bond motifs is 1. The van der Waals surface area contributed by atoms with Gasteiger partial charge in [-0.05, 0) is 30.5 Å². The highest BCUT2D eigenvalue weighted by atomic mass is 32.1. The Morgan fingerprint density at radius 3 is 2.81 bits per heavy atom. The maximum Gasteiger partial charge on any atom is 0.263 e. The molecule has 0 saturated heterocycles. The third-order valence-electron chi connectivity index (χ3n) is 3.46. The van der Waals surface area contributed by atoms with E-state index in [1.807, 2.05) is 13.8 Å². The number of nitrogen functional groups attached to an aromatic ring is 1. The molecule has 0 aliphatic rings. The Labute approximate surface area is 126 Å². The van der Waals surface area contributed by atoms with Crippen LogP contribution in [0.1, 0.15) is 29.9 Å². The Morgan fingerprint density at radius 2 is 2.19 bits per heavy atom. The van der Waals surface area contributed by atoms with Gasteiger partial charge in [0.2, 0.25) is 0 Å². The molecule has 4 N–H and O–H groups in total. The first kappa shape index (κ1) is 15.7. The molecule has 21 heavy (non-hydrogen) atoms. The van der Waals surface area contributed by atoms with E-state index in [2.05, 4.69) is 5.32 Å². The fraction of sp³-hybridized carbons (Fsp3) is 0.400. The van der Waals surface area contributed by atoms with Crippen LogP contribution in [0, 0.1) is 11.7 Å². The van der Waals surface area contributed by atoms with Gasteiger partial charge >= 0.3 is 0 Å². The Bertz CT molecular complexity index is 654. The number of halogens is 1. The molecule has 0 radical (unpaired) electrons. The van der Waals surface area contributed by atoms with Gasteiger partial charge in [0.15, 0.2) is 0 Å². The van der Waals surface area contributed by atoms with Gasteiger partial charge in [-0.15, -0.1) is 11.3 Å². The van der Waals surface area contributed by atoms with E-state index < -0.39 is 0 Å². The standard InChI is InChI=1S/C15H19FN2O2S/c1-8(2)11(5-6-19)18-15(20)14-13(17)10-7-9(16)3-4-12(10)21-14/h3-4,7-8,11,19H,5-6,17H2,1-2H3,(H,18,20). The topological polar surface area (TPSA) is 75.3 Å². The Morgan fingerprint density at radius 1 is 1.48 bits per heavy atom. The van der Waals surface area contributed by atoms with Gasteiger partial charge < -0.3 is 16.2 Å². The van der Waals surface area contributed by atoms with Crippen molar-refractivity contribution in [2.24, 2.45) is 5.92 Å². The summed E-state index contributed by atoms with van der Waals surface area (Å²) in [5.74, 6) is -0.449. The number of thiophene rings is 1. The van der Waals surface area contributed by atoms with E-state index in [1.54, 1.807) is 6.07 Å². The number of nitrogens with two attached hydrogens (primary N) is 1. The molecule has 1 unspecified atom stereocenters. The van der Waals surface area contributed by atoms with Crippen molar-refractivity contribution in [1.82, 2.24) is 5.32 Å². The average molecular weight is 310 g/mol. The number of carbonyl (C=O) groups excluding carboxylic acids is 1. The number of rotatable bonds is 5. The van der Waals surface area contributed by atoms with Crippen LogP contribution in [-0.2, 0) is 0 Å². The van der Waals surface area contributed by atoms with Gasteiger partial charge in [-0.1, -0.05) is 13.8 Å². The quantitative estimate of drug-likeness (QED) is 0.795. The fourth-order valence-corrected chi connectivity index (χ4v) is 3.21. The lowest BCUT2D eigenvalue weighted by atomic mass is 10.0. The molecule has 1 atom stereocenters. The lowest BCUT2D eigenvalue weighted by molar-refractivity contribution is 0.0921. The average Bonchev–Trinajstić information content (AvgIpc) is 2.75. The highest BCUT2D eigenvalue weighted by Crippen LogP contribution is 2.34. The molecular weight excluding hydrogens is 291 g/mol.